The first-order chi connectivity index (χ1) is 9.28. The number of nitrogens with one attached hydrogen (secondary N) is 1. The highest BCUT2D eigenvalue weighted by molar-refractivity contribution is 5.50. The van der Waals surface area contributed by atoms with Crippen LogP contribution in [0.1, 0.15) is 26.2 Å². The maximum absolute atomic E-state index is 9.35. The van der Waals surface area contributed by atoms with Gasteiger partial charge in [0.15, 0.2) is 0 Å². The van der Waals surface area contributed by atoms with Crippen LogP contribution in [0.4, 0.5) is 11.6 Å². The molecule has 1 aromatic rings. The van der Waals surface area contributed by atoms with Crippen LogP contribution in [0.25, 0.3) is 0 Å². The van der Waals surface area contributed by atoms with E-state index in [2.05, 4.69) is 20.2 Å². The predicted molar refractivity (Wildman–Crippen MR) is 74.3 cm³/mol. The Labute approximate surface area is 113 Å². The molecule has 1 saturated heterocycles. The summed E-state index contributed by atoms with van der Waals surface area (Å²) < 4.78 is 0. The van der Waals surface area contributed by atoms with Crippen molar-refractivity contribution in [2.75, 3.05) is 30.0 Å². The predicted octanol–water partition coefficient (Wildman–Crippen LogP) is 0.620. The molecule has 6 nitrogen and oxygen atoms in total. The van der Waals surface area contributed by atoms with Crippen molar-refractivity contribution in [3.8, 4) is 0 Å². The van der Waals surface area contributed by atoms with Gasteiger partial charge in [-0.05, 0) is 19.3 Å². The van der Waals surface area contributed by atoms with Crippen LogP contribution in [-0.2, 0) is 0 Å². The van der Waals surface area contributed by atoms with Crippen LogP contribution >= 0.6 is 0 Å². The van der Waals surface area contributed by atoms with Crippen LogP contribution in [-0.4, -0.2) is 52.0 Å². The van der Waals surface area contributed by atoms with E-state index in [0.717, 1.165) is 37.4 Å². The minimum absolute atomic E-state index is 0.00923. The summed E-state index contributed by atoms with van der Waals surface area (Å²) in [5.74, 6) is 1.55. The quantitative estimate of drug-likeness (QED) is 0.700. The maximum atomic E-state index is 9.35. The molecule has 0 bridgehead atoms. The summed E-state index contributed by atoms with van der Waals surface area (Å²) in [4.78, 5) is 10.6. The van der Waals surface area contributed by atoms with E-state index >= 15 is 0 Å². The van der Waals surface area contributed by atoms with Gasteiger partial charge in [0.05, 0.1) is 25.3 Å². The van der Waals surface area contributed by atoms with Crippen LogP contribution in [0.2, 0.25) is 0 Å². The van der Waals surface area contributed by atoms with Gasteiger partial charge in [-0.3, -0.25) is 0 Å². The summed E-state index contributed by atoms with van der Waals surface area (Å²) in [7, 11) is 0. The molecule has 0 amide bonds. The number of hydrogen-bond acceptors (Lipinski definition) is 6. The molecule has 0 aromatic carbocycles. The van der Waals surface area contributed by atoms with Crippen molar-refractivity contribution in [1.82, 2.24) is 9.97 Å². The highest BCUT2D eigenvalue weighted by atomic mass is 16.3. The summed E-state index contributed by atoms with van der Waals surface area (Å²) in [5, 5.41) is 21.7. The fraction of sp³-hybridized carbons (Fsp3) is 0.692. The van der Waals surface area contributed by atoms with Gasteiger partial charge < -0.3 is 20.4 Å². The fourth-order valence-electron chi connectivity index (χ4n) is 2.40. The Kier molecular flexibility index (Phi) is 4.93. The Bertz CT molecular complexity index is 398. The zero-order valence-corrected chi connectivity index (χ0v) is 11.3. The van der Waals surface area contributed by atoms with Crippen LogP contribution in [0.15, 0.2) is 12.4 Å². The normalized spacial score (nSPS) is 20.6. The molecule has 19 heavy (non-hydrogen) atoms. The van der Waals surface area contributed by atoms with Crippen molar-refractivity contribution < 1.29 is 10.2 Å². The first-order valence-electron chi connectivity index (χ1n) is 6.85. The van der Waals surface area contributed by atoms with Crippen LogP contribution in [0, 0.1) is 0 Å². The van der Waals surface area contributed by atoms with Crippen molar-refractivity contribution in [2.24, 2.45) is 0 Å². The molecule has 0 spiro atoms. The van der Waals surface area contributed by atoms with Gasteiger partial charge >= 0.3 is 0 Å². The molecule has 6 heteroatoms. The molecule has 0 aliphatic carbocycles. The second-order valence-electron chi connectivity index (χ2n) is 4.87. The molecule has 1 unspecified atom stereocenters. The molecule has 1 aliphatic rings. The third-order valence-electron chi connectivity index (χ3n) is 3.60. The van der Waals surface area contributed by atoms with Gasteiger partial charge in [0, 0.05) is 12.6 Å². The molecule has 1 fully saturated rings. The minimum atomic E-state index is 0.00923. The first-order valence-corrected chi connectivity index (χ1v) is 6.85. The van der Waals surface area contributed by atoms with Crippen molar-refractivity contribution in [3.63, 3.8) is 0 Å². The standard InChI is InChI=1S/C13H22N4O2/c1-2-10(7-18)16-12-6-13(15-9-14-12)17-5-3-4-11(17)8-19/h6,9-11,18-19H,2-5,7-8H2,1H3,(H,14,15,16)/t10-,11?/m1/s1. The molecule has 0 saturated carbocycles. The van der Waals surface area contributed by atoms with E-state index in [1.807, 2.05) is 13.0 Å². The molecule has 3 N–H and O–H groups in total. The van der Waals surface area contributed by atoms with E-state index in [1.165, 1.54) is 6.33 Å². The SMILES string of the molecule is CC[C@H](CO)Nc1cc(N2CCCC2CO)ncn1. The second-order valence-corrected chi connectivity index (χ2v) is 4.87. The summed E-state index contributed by atoms with van der Waals surface area (Å²) >= 11 is 0. The Morgan fingerprint density at radius 3 is 3.00 bits per heavy atom. The number of aromatic nitrogens is 2. The van der Waals surface area contributed by atoms with Crippen molar-refractivity contribution in [3.05, 3.63) is 12.4 Å². The molecular weight excluding hydrogens is 244 g/mol. The van der Waals surface area contributed by atoms with Gasteiger partial charge in [0.25, 0.3) is 0 Å². The summed E-state index contributed by atoms with van der Waals surface area (Å²) in [6.45, 7) is 3.16. The number of rotatable bonds is 6. The average Bonchev–Trinajstić information content (AvgIpc) is 2.93. The third-order valence-corrected chi connectivity index (χ3v) is 3.60. The van der Waals surface area contributed by atoms with Gasteiger partial charge in [-0.15, -0.1) is 0 Å². The summed E-state index contributed by atoms with van der Waals surface area (Å²) in [6, 6.07) is 2.05. The smallest absolute Gasteiger partial charge is 0.134 e. The van der Waals surface area contributed by atoms with Crippen molar-refractivity contribution in [1.29, 1.82) is 0 Å². The van der Waals surface area contributed by atoms with Gasteiger partial charge in [-0.25, -0.2) is 9.97 Å². The molecule has 1 aliphatic heterocycles. The minimum Gasteiger partial charge on any atom is -0.394 e. The van der Waals surface area contributed by atoms with E-state index < -0.39 is 0 Å². The molecule has 2 rings (SSSR count). The lowest BCUT2D eigenvalue weighted by atomic mass is 10.2. The lowest BCUT2D eigenvalue weighted by molar-refractivity contribution is 0.266. The van der Waals surface area contributed by atoms with E-state index in [1.54, 1.807) is 0 Å². The van der Waals surface area contributed by atoms with Gasteiger partial charge in [-0.2, -0.15) is 0 Å². The monoisotopic (exact) mass is 266 g/mol. The Hall–Kier alpha value is -1.40. The van der Waals surface area contributed by atoms with Gasteiger partial charge in [-0.1, -0.05) is 6.92 Å². The fourth-order valence-corrected chi connectivity index (χ4v) is 2.40. The molecular formula is C13H22N4O2. The molecule has 2 heterocycles. The van der Waals surface area contributed by atoms with E-state index in [9.17, 15) is 10.2 Å². The lowest BCUT2D eigenvalue weighted by Crippen LogP contribution is -2.33. The highest BCUT2D eigenvalue weighted by Crippen LogP contribution is 2.24. The number of aliphatic hydroxyl groups is 2. The van der Waals surface area contributed by atoms with Crippen LogP contribution < -0.4 is 10.2 Å². The topological polar surface area (TPSA) is 81.5 Å². The highest BCUT2D eigenvalue weighted by Gasteiger charge is 2.25. The molecule has 1 aromatic heterocycles. The molecule has 0 radical (unpaired) electrons. The second kappa shape index (κ2) is 6.68. The van der Waals surface area contributed by atoms with Crippen molar-refractivity contribution >= 4 is 11.6 Å². The zero-order chi connectivity index (χ0) is 13.7. The van der Waals surface area contributed by atoms with Gasteiger partial charge in [0.1, 0.15) is 18.0 Å². The third kappa shape index (κ3) is 3.33. The van der Waals surface area contributed by atoms with Crippen LogP contribution in [0.5, 0.6) is 0 Å². The Morgan fingerprint density at radius 2 is 2.32 bits per heavy atom. The Balaban J connectivity index is 2.10. The summed E-state index contributed by atoms with van der Waals surface area (Å²) in [6.07, 6.45) is 4.43. The van der Waals surface area contributed by atoms with Crippen LogP contribution in [0.3, 0.4) is 0 Å². The summed E-state index contributed by atoms with van der Waals surface area (Å²) in [5.41, 5.74) is 0. The van der Waals surface area contributed by atoms with E-state index in [4.69, 9.17) is 0 Å². The molecule has 2 atom stereocenters. The molecule has 106 valence electrons. The zero-order valence-electron chi connectivity index (χ0n) is 11.3. The lowest BCUT2D eigenvalue weighted by Gasteiger charge is -2.24. The number of anilines is 2. The number of hydrogen-bond donors (Lipinski definition) is 3. The first kappa shape index (κ1) is 14.0. The van der Waals surface area contributed by atoms with E-state index in [-0.39, 0.29) is 25.3 Å². The average molecular weight is 266 g/mol. The maximum Gasteiger partial charge on any atom is 0.134 e. The Morgan fingerprint density at radius 1 is 1.47 bits per heavy atom. The van der Waals surface area contributed by atoms with Gasteiger partial charge in [0.2, 0.25) is 0 Å². The number of aliphatic hydroxyl groups excluding tert-OH is 2. The number of nitrogens with zero attached hydrogens (tertiary/aromatic N) is 3. The largest absolute Gasteiger partial charge is 0.394 e. The van der Waals surface area contributed by atoms with E-state index in [0.29, 0.717) is 0 Å². The van der Waals surface area contributed by atoms with Crippen molar-refractivity contribution in [2.45, 2.75) is 38.3 Å².